The molecule has 12 heteroatoms. The highest BCUT2D eigenvalue weighted by Gasteiger charge is 2.21. The van der Waals surface area contributed by atoms with Gasteiger partial charge in [0.15, 0.2) is 5.13 Å². The minimum Gasteiger partial charge on any atom is -0.351 e. The van der Waals surface area contributed by atoms with Gasteiger partial charge >= 0.3 is 0 Å². The minimum absolute atomic E-state index is 0.0604. The van der Waals surface area contributed by atoms with Crippen LogP contribution in [0.4, 0.5) is 10.8 Å². The Hall–Kier alpha value is -2.89. The zero-order valence-electron chi connectivity index (χ0n) is 20.2. The molecule has 0 radical (unpaired) electrons. The largest absolute Gasteiger partial charge is 0.351 e. The van der Waals surface area contributed by atoms with E-state index >= 15 is 0 Å². The van der Waals surface area contributed by atoms with Crippen molar-refractivity contribution >= 4 is 71.5 Å². The number of para-hydroxylation sites is 2. The summed E-state index contributed by atoms with van der Waals surface area (Å²) >= 11 is 13.8. The van der Waals surface area contributed by atoms with Gasteiger partial charge in [0.25, 0.3) is 15.9 Å². The standard InChI is InChI=1S/C26H25Cl2N5O3S2/c27-18-8-10-19(11-9-18)38(35,36)31-22-6-2-1-4-20(22)25(34)29-12-13-32-14-16-33(17-15-32)26-30-24-21(28)5-3-7-23(24)37-26/h1-11,31H,12-17H2,(H,29,34). The zero-order chi connectivity index (χ0) is 26.7. The Bertz CT molecular complexity index is 1550. The predicted octanol–water partition coefficient (Wildman–Crippen LogP) is 4.96. The highest BCUT2D eigenvalue weighted by Crippen LogP contribution is 2.33. The number of nitrogens with zero attached hydrogens (tertiary/aromatic N) is 3. The molecule has 198 valence electrons. The molecule has 38 heavy (non-hydrogen) atoms. The van der Waals surface area contributed by atoms with E-state index in [0.29, 0.717) is 23.1 Å². The summed E-state index contributed by atoms with van der Waals surface area (Å²) in [6.07, 6.45) is 0. The van der Waals surface area contributed by atoms with Gasteiger partial charge < -0.3 is 10.2 Å². The van der Waals surface area contributed by atoms with E-state index in [1.807, 2.05) is 18.2 Å². The number of sulfonamides is 1. The molecule has 1 aromatic heterocycles. The number of hydrogen-bond donors (Lipinski definition) is 2. The normalized spacial score (nSPS) is 14.5. The van der Waals surface area contributed by atoms with Crippen LogP contribution in [0.2, 0.25) is 10.0 Å². The summed E-state index contributed by atoms with van der Waals surface area (Å²) in [6.45, 7) is 4.48. The predicted molar refractivity (Wildman–Crippen MR) is 154 cm³/mol. The first-order valence-electron chi connectivity index (χ1n) is 12.0. The van der Waals surface area contributed by atoms with E-state index < -0.39 is 10.0 Å². The highest BCUT2D eigenvalue weighted by atomic mass is 35.5. The number of aromatic nitrogens is 1. The molecule has 2 N–H and O–H groups in total. The molecule has 1 saturated heterocycles. The fourth-order valence-electron chi connectivity index (χ4n) is 4.21. The number of anilines is 2. The number of hydrogen-bond acceptors (Lipinski definition) is 7. The van der Waals surface area contributed by atoms with Gasteiger partial charge in [0.1, 0.15) is 5.52 Å². The second-order valence-corrected chi connectivity index (χ2v) is 12.3. The third kappa shape index (κ3) is 6.05. The summed E-state index contributed by atoms with van der Waals surface area (Å²) in [4.78, 5) is 22.2. The Balaban J connectivity index is 1.14. The molecule has 0 bridgehead atoms. The number of carbonyl (C=O) groups is 1. The highest BCUT2D eigenvalue weighted by molar-refractivity contribution is 7.92. The maximum atomic E-state index is 12.9. The molecule has 8 nitrogen and oxygen atoms in total. The molecule has 2 heterocycles. The molecule has 1 amide bonds. The van der Waals surface area contributed by atoms with E-state index in [1.165, 1.54) is 24.3 Å². The Morgan fingerprint density at radius 1 is 0.947 bits per heavy atom. The van der Waals surface area contributed by atoms with E-state index in [1.54, 1.807) is 35.6 Å². The lowest BCUT2D eigenvalue weighted by Gasteiger charge is -2.34. The third-order valence-corrected chi connectivity index (χ3v) is 9.27. The Morgan fingerprint density at radius 3 is 2.42 bits per heavy atom. The first kappa shape index (κ1) is 26.7. The summed E-state index contributed by atoms with van der Waals surface area (Å²) in [5.74, 6) is -0.343. The zero-order valence-corrected chi connectivity index (χ0v) is 23.4. The van der Waals surface area contributed by atoms with E-state index in [-0.39, 0.29) is 22.1 Å². The van der Waals surface area contributed by atoms with Crippen LogP contribution in [-0.2, 0) is 10.0 Å². The average Bonchev–Trinajstić information content (AvgIpc) is 3.35. The lowest BCUT2D eigenvalue weighted by Crippen LogP contribution is -2.48. The molecule has 0 aliphatic carbocycles. The van der Waals surface area contributed by atoms with Crippen LogP contribution in [0.5, 0.6) is 0 Å². The van der Waals surface area contributed by atoms with Crippen molar-refractivity contribution in [3.05, 3.63) is 82.3 Å². The van der Waals surface area contributed by atoms with Crippen molar-refractivity contribution in [3.8, 4) is 0 Å². The summed E-state index contributed by atoms with van der Waals surface area (Å²) in [5, 5.41) is 4.99. The average molecular weight is 591 g/mol. The summed E-state index contributed by atoms with van der Waals surface area (Å²) in [6, 6.07) is 18.2. The van der Waals surface area contributed by atoms with E-state index in [9.17, 15) is 13.2 Å². The van der Waals surface area contributed by atoms with Gasteiger partial charge in [-0.3, -0.25) is 14.4 Å². The number of fused-ring (bicyclic) bond motifs is 1. The van der Waals surface area contributed by atoms with E-state index in [4.69, 9.17) is 28.2 Å². The Morgan fingerprint density at radius 2 is 1.68 bits per heavy atom. The minimum atomic E-state index is -3.88. The molecule has 1 fully saturated rings. The lowest BCUT2D eigenvalue weighted by atomic mass is 10.1. The van der Waals surface area contributed by atoms with Gasteiger partial charge in [-0.2, -0.15) is 0 Å². The van der Waals surface area contributed by atoms with Crippen molar-refractivity contribution in [1.82, 2.24) is 15.2 Å². The smallest absolute Gasteiger partial charge is 0.261 e. The number of halogens is 2. The topological polar surface area (TPSA) is 94.6 Å². The van der Waals surface area contributed by atoms with Crippen molar-refractivity contribution in [2.24, 2.45) is 0 Å². The quantitative estimate of drug-likeness (QED) is 0.302. The first-order valence-corrected chi connectivity index (χ1v) is 15.0. The summed E-state index contributed by atoms with van der Waals surface area (Å²) in [5.41, 5.74) is 1.31. The molecule has 1 aliphatic rings. The number of nitrogens with one attached hydrogen (secondary N) is 2. The van der Waals surface area contributed by atoms with Crippen LogP contribution < -0.4 is 14.9 Å². The molecule has 0 saturated carbocycles. The van der Waals surface area contributed by atoms with Gasteiger partial charge in [-0.05, 0) is 48.5 Å². The van der Waals surface area contributed by atoms with Crippen LogP contribution in [-0.4, -0.2) is 63.5 Å². The van der Waals surface area contributed by atoms with Crippen LogP contribution in [0.15, 0.2) is 71.6 Å². The van der Waals surface area contributed by atoms with Gasteiger partial charge in [0.2, 0.25) is 0 Å². The number of piperazine rings is 1. The maximum Gasteiger partial charge on any atom is 0.261 e. The van der Waals surface area contributed by atoms with Gasteiger partial charge in [-0.1, -0.05) is 52.7 Å². The van der Waals surface area contributed by atoms with Crippen molar-refractivity contribution < 1.29 is 13.2 Å². The molecule has 0 atom stereocenters. The second kappa shape index (κ2) is 11.5. The Kier molecular flexibility index (Phi) is 8.06. The number of carbonyl (C=O) groups excluding carboxylic acids is 1. The molecular formula is C26H25Cl2N5O3S2. The molecule has 0 unspecified atom stereocenters. The molecular weight excluding hydrogens is 565 g/mol. The summed E-state index contributed by atoms with van der Waals surface area (Å²) in [7, 11) is -3.88. The fourth-order valence-corrected chi connectivity index (χ4v) is 6.73. The SMILES string of the molecule is O=C(NCCN1CCN(c2nc3c(Cl)cccc3s2)CC1)c1ccccc1NS(=O)(=O)c1ccc(Cl)cc1. The van der Waals surface area contributed by atoms with Crippen LogP contribution in [0.25, 0.3) is 10.2 Å². The van der Waals surface area contributed by atoms with Gasteiger partial charge in [0.05, 0.1) is 25.9 Å². The maximum absolute atomic E-state index is 12.9. The van der Waals surface area contributed by atoms with Gasteiger partial charge in [-0.25, -0.2) is 13.4 Å². The van der Waals surface area contributed by atoms with Crippen molar-refractivity contribution in [3.63, 3.8) is 0 Å². The van der Waals surface area contributed by atoms with Crippen molar-refractivity contribution in [1.29, 1.82) is 0 Å². The fraction of sp³-hybridized carbons (Fsp3) is 0.231. The van der Waals surface area contributed by atoms with Gasteiger partial charge in [0, 0.05) is 44.3 Å². The number of benzene rings is 3. The van der Waals surface area contributed by atoms with Crippen LogP contribution in [0, 0.1) is 0 Å². The number of rotatable bonds is 8. The van der Waals surface area contributed by atoms with Crippen LogP contribution in [0.3, 0.4) is 0 Å². The van der Waals surface area contributed by atoms with Crippen LogP contribution in [0.1, 0.15) is 10.4 Å². The van der Waals surface area contributed by atoms with Crippen LogP contribution >= 0.6 is 34.5 Å². The monoisotopic (exact) mass is 589 g/mol. The molecule has 1 aliphatic heterocycles. The van der Waals surface area contributed by atoms with Crippen molar-refractivity contribution in [2.75, 3.05) is 48.9 Å². The first-order chi connectivity index (χ1) is 18.3. The van der Waals surface area contributed by atoms with Crippen molar-refractivity contribution in [2.45, 2.75) is 4.90 Å². The summed E-state index contributed by atoms with van der Waals surface area (Å²) < 4.78 is 29.2. The number of thiazole rings is 1. The molecule has 4 aromatic rings. The van der Waals surface area contributed by atoms with E-state index in [0.717, 1.165) is 41.5 Å². The lowest BCUT2D eigenvalue weighted by molar-refractivity contribution is 0.0948. The van der Waals surface area contributed by atoms with Gasteiger partial charge in [-0.15, -0.1) is 0 Å². The number of amides is 1. The second-order valence-electron chi connectivity index (χ2n) is 8.77. The third-order valence-electron chi connectivity index (χ3n) is 6.25. The molecule has 3 aromatic carbocycles. The molecule has 5 rings (SSSR count). The Labute approximate surface area is 235 Å². The molecule has 0 spiro atoms. The van der Waals surface area contributed by atoms with E-state index in [2.05, 4.69) is 19.8 Å².